The van der Waals surface area contributed by atoms with Gasteiger partial charge in [0.25, 0.3) is 0 Å². The molecule has 1 aromatic carbocycles. The van der Waals surface area contributed by atoms with E-state index in [2.05, 4.69) is 16.0 Å². The molecule has 3 N–H and O–H groups in total. The van der Waals surface area contributed by atoms with Gasteiger partial charge < -0.3 is 16.0 Å². The fourth-order valence-electron chi connectivity index (χ4n) is 2.92. The van der Waals surface area contributed by atoms with Crippen molar-refractivity contribution in [2.24, 2.45) is 0 Å². The maximum atomic E-state index is 12.0. The molecule has 132 valence electrons. The first kappa shape index (κ1) is 18.6. The van der Waals surface area contributed by atoms with Crippen LogP contribution in [0.5, 0.6) is 0 Å². The van der Waals surface area contributed by atoms with E-state index in [1.165, 1.54) is 19.3 Å². The van der Waals surface area contributed by atoms with Gasteiger partial charge >= 0.3 is 6.03 Å². The van der Waals surface area contributed by atoms with E-state index >= 15 is 0 Å². The molecule has 3 amide bonds. The van der Waals surface area contributed by atoms with Crippen LogP contribution in [0, 0.1) is 0 Å². The first-order valence-electron chi connectivity index (χ1n) is 8.64. The standard InChI is InChI=1S/C18H26ClN3O2/c1-13(14-7-9-15(19)10-8-14)21-17(23)11-12-20-18(24)22-16-5-3-2-4-6-16/h7-10,13,16H,2-6,11-12H2,1H3,(H,21,23)(H2,20,22,24). The molecular weight excluding hydrogens is 326 g/mol. The summed E-state index contributed by atoms with van der Waals surface area (Å²) in [4.78, 5) is 23.8. The normalized spacial score (nSPS) is 16.2. The van der Waals surface area contributed by atoms with E-state index in [0.29, 0.717) is 11.6 Å². The lowest BCUT2D eigenvalue weighted by atomic mass is 9.96. The first-order chi connectivity index (χ1) is 11.5. The lowest BCUT2D eigenvalue weighted by Crippen LogP contribution is -2.43. The van der Waals surface area contributed by atoms with Crippen molar-refractivity contribution in [1.82, 2.24) is 16.0 Å². The first-order valence-corrected chi connectivity index (χ1v) is 9.01. The second-order valence-corrected chi connectivity index (χ2v) is 6.76. The molecule has 5 nitrogen and oxygen atoms in total. The highest BCUT2D eigenvalue weighted by Crippen LogP contribution is 2.17. The van der Waals surface area contributed by atoms with Crippen LogP contribution in [0.1, 0.15) is 57.1 Å². The van der Waals surface area contributed by atoms with E-state index in [4.69, 9.17) is 11.6 Å². The Balaban J connectivity index is 1.63. The maximum absolute atomic E-state index is 12.0. The van der Waals surface area contributed by atoms with Crippen molar-refractivity contribution in [1.29, 1.82) is 0 Å². The molecule has 0 saturated heterocycles. The van der Waals surface area contributed by atoms with Crippen LogP contribution in [-0.4, -0.2) is 24.5 Å². The van der Waals surface area contributed by atoms with Crippen molar-refractivity contribution in [3.8, 4) is 0 Å². The Morgan fingerprint density at radius 1 is 1.17 bits per heavy atom. The van der Waals surface area contributed by atoms with Crippen LogP contribution in [0.25, 0.3) is 0 Å². The van der Waals surface area contributed by atoms with Crippen LogP contribution < -0.4 is 16.0 Å². The van der Waals surface area contributed by atoms with Gasteiger partial charge in [-0.3, -0.25) is 4.79 Å². The summed E-state index contributed by atoms with van der Waals surface area (Å²) < 4.78 is 0. The summed E-state index contributed by atoms with van der Waals surface area (Å²) in [7, 11) is 0. The summed E-state index contributed by atoms with van der Waals surface area (Å²) in [5.74, 6) is -0.0876. The van der Waals surface area contributed by atoms with Crippen LogP contribution >= 0.6 is 11.6 Å². The minimum absolute atomic E-state index is 0.0876. The second kappa shape index (κ2) is 9.52. The van der Waals surface area contributed by atoms with E-state index in [0.717, 1.165) is 18.4 Å². The number of benzene rings is 1. The Kier molecular flexibility index (Phi) is 7.37. The van der Waals surface area contributed by atoms with Crippen LogP contribution in [0.2, 0.25) is 5.02 Å². The number of amides is 3. The van der Waals surface area contributed by atoms with Crippen LogP contribution in [0.15, 0.2) is 24.3 Å². The van der Waals surface area contributed by atoms with Gasteiger partial charge in [0.05, 0.1) is 6.04 Å². The molecule has 0 spiro atoms. The summed E-state index contributed by atoms with van der Waals surface area (Å²) in [5, 5.41) is 9.31. The minimum Gasteiger partial charge on any atom is -0.350 e. The van der Waals surface area contributed by atoms with E-state index in [1.54, 1.807) is 12.1 Å². The van der Waals surface area contributed by atoms with Gasteiger partial charge in [-0.15, -0.1) is 0 Å². The van der Waals surface area contributed by atoms with Crippen LogP contribution in [0.4, 0.5) is 4.79 Å². The topological polar surface area (TPSA) is 70.2 Å². The number of carbonyl (C=O) groups excluding carboxylic acids is 2. The smallest absolute Gasteiger partial charge is 0.315 e. The summed E-state index contributed by atoms with van der Waals surface area (Å²) in [6.45, 7) is 2.25. The molecule has 1 fully saturated rings. The molecule has 0 aromatic heterocycles. The Morgan fingerprint density at radius 2 is 1.83 bits per heavy atom. The highest BCUT2D eigenvalue weighted by Gasteiger charge is 2.15. The van der Waals surface area contributed by atoms with Crippen molar-refractivity contribution < 1.29 is 9.59 Å². The summed E-state index contributed by atoms with van der Waals surface area (Å²) in [6.07, 6.45) is 5.96. The Morgan fingerprint density at radius 3 is 2.50 bits per heavy atom. The predicted molar refractivity (Wildman–Crippen MR) is 96.0 cm³/mol. The number of rotatable bonds is 6. The highest BCUT2D eigenvalue weighted by atomic mass is 35.5. The molecule has 0 heterocycles. The lowest BCUT2D eigenvalue weighted by molar-refractivity contribution is -0.121. The van der Waals surface area contributed by atoms with Gasteiger partial charge in [-0.25, -0.2) is 4.79 Å². The average molecular weight is 352 g/mol. The predicted octanol–water partition coefficient (Wildman–Crippen LogP) is 3.54. The summed E-state index contributed by atoms with van der Waals surface area (Å²) in [6, 6.07) is 7.39. The molecule has 1 saturated carbocycles. The lowest BCUT2D eigenvalue weighted by Gasteiger charge is -2.22. The number of carbonyl (C=O) groups is 2. The highest BCUT2D eigenvalue weighted by molar-refractivity contribution is 6.30. The molecule has 0 radical (unpaired) electrons. The molecule has 24 heavy (non-hydrogen) atoms. The SMILES string of the molecule is CC(NC(=O)CCNC(=O)NC1CCCCC1)c1ccc(Cl)cc1. The van der Waals surface area contributed by atoms with Gasteiger partial charge in [0.2, 0.25) is 5.91 Å². The Labute approximate surface area is 148 Å². The monoisotopic (exact) mass is 351 g/mol. The van der Waals surface area contributed by atoms with Crippen molar-refractivity contribution in [3.63, 3.8) is 0 Å². The molecule has 2 rings (SSSR count). The van der Waals surface area contributed by atoms with Gasteiger partial charge in [0.15, 0.2) is 0 Å². The molecule has 1 aromatic rings. The van der Waals surface area contributed by atoms with Gasteiger partial charge in [-0.1, -0.05) is 43.0 Å². The largest absolute Gasteiger partial charge is 0.350 e. The molecule has 0 aliphatic heterocycles. The third-order valence-electron chi connectivity index (χ3n) is 4.33. The maximum Gasteiger partial charge on any atom is 0.315 e. The number of hydrogen-bond donors (Lipinski definition) is 3. The fourth-order valence-corrected chi connectivity index (χ4v) is 3.05. The summed E-state index contributed by atoms with van der Waals surface area (Å²) in [5.41, 5.74) is 0.996. The van der Waals surface area contributed by atoms with Gasteiger partial charge in [0.1, 0.15) is 0 Å². The third-order valence-corrected chi connectivity index (χ3v) is 4.58. The molecule has 1 atom stereocenters. The van der Waals surface area contributed by atoms with E-state index in [1.807, 2.05) is 19.1 Å². The number of nitrogens with one attached hydrogen (secondary N) is 3. The van der Waals surface area contributed by atoms with E-state index in [9.17, 15) is 9.59 Å². The zero-order valence-electron chi connectivity index (χ0n) is 14.1. The fraction of sp³-hybridized carbons (Fsp3) is 0.556. The van der Waals surface area contributed by atoms with E-state index in [-0.39, 0.29) is 30.4 Å². The van der Waals surface area contributed by atoms with Crippen LogP contribution in [0.3, 0.4) is 0 Å². The van der Waals surface area contributed by atoms with Crippen molar-refractivity contribution >= 4 is 23.5 Å². The molecule has 6 heteroatoms. The van der Waals surface area contributed by atoms with Crippen molar-refractivity contribution in [2.45, 2.75) is 57.5 Å². The third kappa shape index (κ3) is 6.40. The number of urea groups is 1. The zero-order chi connectivity index (χ0) is 17.4. The van der Waals surface area contributed by atoms with E-state index < -0.39 is 0 Å². The molecule has 1 aliphatic carbocycles. The zero-order valence-corrected chi connectivity index (χ0v) is 14.9. The Hall–Kier alpha value is -1.75. The van der Waals surface area contributed by atoms with Gasteiger partial charge in [0, 0.05) is 24.0 Å². The average Bonchev–Trinajstić information content (AvgIpc) is 2.56. The number of halogens is 1. The quantitative estimate of drug-likeness (QED) is 0.733. The molecule has 1 aliphatic rings. The minimum atomic E-state index is -0.180. The second-order valence-electron chi connectivity index (χ2n) is 6.33. The molecule has 1 unspecified atom stereocenters. The summed E-state index contributed by atoms with van der Waals surface area (Å²) >= 11 is 5.86. The Bertz CT molecular complexity index is 542. The number of hydrogen-bond acceptors (Lipinski definition) is 2. The van der Waals surface area contributed by atoms with Crippen molar-refractivity contribution in [2.75, 3.05) is 6.54 Å². The van der Waals surface area contributed by atoms with Crippen molar-refractivity contribution in [3.05, 3.63) is 34.9 Å². The van der Waals surface area contributed by atoms with Crippen LogP contribution in [-0.2, 0) is 4.79 Å². The molecule has 0 bridgehead atoms. The van der Waals surface area contributed by atoms with Gasteiger partial charge in [-0.05, 0) is 37.5 Å². The molecular formula is C18H26ClN3O2. The van der Waals surface area contributed by atoms with Gasteiger partial charge in [-0.2, -0.15) is 0 Å².